The van der Waals surface area contributed by atoms with Crippen LogP contribution in [0.15, 0.2) is 4.99 Å². The molecule has 130 valence electrons. The summed E-state index contributed by atoms with van der Waals surface area (Å²) in [6.45, 7) is 7.78. The van der Waals surface area contributed by atoms with E-state index >= 15 is 0 Å². The van der Waals surface area contributed by atoms with E-state index in [1.54, 1.807) is 7.11 Å². The molecule has 5 nitrogen and oxygen atoms in total. The third kappa shape index (κ3) is 9.54. The molecule has 0 heterocycles. The zero-order valence-electron chi connectivity index (χ0n) is 14.6. The Kier molecular flexibility index (Phi) is 11.6. The maximum absolute atomic E-state index is 5.20. The normalized spacial score (nSPS) is 15.4. The van der Waals surface area contributed by atoms with Gasteiger partial charge >= 0.3 is 0 Å². The predicted octanol–water partition coefficient (Wildman–Crippen LogP) is 1.80. The van der Waals surface area contributed by atoms with Gasteiger partial charge in [0, 0.05) is 45.9 Å². The van der Waals surface area contributed by atoms with Gasteiger partial charge in [0.1, 0.15) is 0 Å². The van der Waals surface area contributed by atoms with E-state index in [4.69, 9.17) is 4.74 Å². The quantitative estimate of drug-likeness (QED) is 0.306. The molecule has 1 aliphatic carbocycles. The molecule has 0 bridgehead atoms. The summed E-state index contributed by atoms with van der Waals surface area (Å²) in [5.41, 5.74) is 0. The molecule has 0 atom stereocenters. The minimum absolute atomic E-state index is 0.781. The first kappa shape index (κ1) is 19.6. The summed E-state index contributed by atoms with van der Waals surface area (Å²) in [6.07, 6.45) is 7.25. The Morgan fingerprint density at radius 1 is 1.27 bits per heavy atom. The van der Waals surface area contributed by atoms with Gasteiger partial charge in [-0.15, -0.1) is 0 Å². The van der Waals surface area contributed by atoms with Crippen molar-refractivity contribution in [1.82, 2.24) is 15.5 Å². The van der Waals surface area contributed by atoms with Crippen molar-refractivity contribution < 1.29 is 4.74 Å². The smallest absolute Gasteiger partial charge is 0.191 e. The lowest BCUT2D eigenvalue weighted by Crippen LogP contribution is -2.42. The third-order valence-corrected chi connectivity index (χ3v) is 4.40. The van der Waals surface area contributed by atoms with Gasteiger partial charge in [0.25, 0.3) is 0 Å². The van der Waals surface area contributed by atoms with Gasteiger partial charge in [-0.2, -0.15) is 11.8 Å². The summed E-state index contributed by atoms with van der Waals surface area (Å²) in [4.78, 5) is 7.17. The standard InChI is InChI=1S/C16H34N4OS/c1-4-17-16(18-9-5-6-14-22-3)19-10-11-20(12-13-21-2)15-7-8-15/h15H,4-14H2,1-3H3,(H2,17,18,19). The SMILES string of the molecule is CCNC(=NCCCCSC)NCCN(CCOC)C1CC1. The van der Waals surface area contributed by atoms with Crippen LogP contribution in [0.3, 0.4) is 0 Å². The number of guanidine groups is 1. The van der Waals surface area contributed by atoms with E-state index in [0.717, 1.165) is 51.3 Å². The second-order valence-electron chi connectivity index (χ2n) is 5.65. The van der Waals surface area contributed by atoms with E-state index in [9.17, 15) is 0 Å². The molecule has 1 aliphatic rings. The number of unbranched alkanes of at least 4 members (excludes halogenated alkanes) is 1. The van der Waals surface area contributed by atoms with Crippen molar-refractivity contribution >= 4 is 17.7 Å². The molecule has 0 aromatic carbocycles. The fourth-order valence-electron chi connectivity index (χ4n) is 2.33. The van der Waals surface area contributed by atoms with Crippen molar-refractivity contribution in [3.05, 3.63) is 0 Å². The summed E-state index contributed by atoms with van der Waals surface area (Å²) in [5.74, 6) is 2.18. The summed E-state index contributed by atoms with van der Waals surface area (Å²) in [7, 11) is 1.77. The first-order valence-electron chi connectivity index (χ1n) is 8.56. The highest BCUT2D eigenvalue weighted by atomic mass is 32.2. The summed E-state index contributed by atoms with van der Waals surface area (Å²) >= 11 is 1.91. The molecule has 6 heteroatoms. The van der Waals surface area contributed by atoms with E-state index < -0.39 is 0 Å². The third-order valence-electron chi connectivity index (χ3n) is 3.71. The molecule has 0 amide bonds. The van der Waals surface area contributed by atoms with Crippen LogP contribution in [0.1, 0.15) is 32.6 Å². The van der Waals surface area contributed by atoms with Crippen molar-refractivity contribution in [2.45, 2.75) is 38.6 Å². The molecule has 1 fully saturated rings. The van der Waals surface area contributed by atoms with Crippen LogP contribution in [-0.4, -0.2) is 75.4 Å². The van der Waals surface area contributed by atoms with Crippen LogP contribution >= 0.6 is 11.8 Å². The predicted molar refractivity (Wildman–Crippen MR) is 98.1 cm³/mol. The van der Waals surface area contributed by atoms with Crippen LogP contribution in [0.2, 0.25) is 0 Å². The first-order valence-corrected chi connectivity index (χ1v) is 9.95. The van der Waals surface area contributed by atoms with Gasteiger partial charge in [-0.3, -0.25) is 9.89 Å². The Morgan fingerprint density at radius 3 is 2.73 bits per heavy atom. The van der Waals surface area contributed by atoms with Gasteiger partial charge < -0.3 is 15.4 Å². The largest absolute Gasteiger partial charge is 0.383 e. The van der Waals surface area contributed by atoms with Crippen LogP contribution in [0.5, 0.6) is 0 Å². The fraction of sp³-hybridized carbons (Fsp3) is 0.938. The van der Waals surface area contributed by atoms with Crippen LogP contribution in [-0.2, 0) is 4.74 Å². The van der Waals surface area contributed by atoms with Gasteiger partial charge in [-0.05, 0) is 44.6 Å². The zero-order valence-corrected chi connectivity index (χ0v) is 15.4. The van der Waals surface area contributed by atoms with E-state index in [2.05, 4.69) is 33.7 Å². The Morgan fingerprint density at radius 2 is 2.09 bits per heavy atom. The summed E-state index contributed by atoms with van der Waals surface area (Å²) < 4.78 is 5.20. The van der Waals surface area contributed by atoms with Crippen LogP contribution in [0, 0.1) is 0 Å². The zero-order chi connectivity index (χ0) is 16.0. The number of rotatable bonds is 13. The molecular weight excluding hydrogens is 296 g/mol. The van der Waals surface area contributed by atoms with Crippen molar-refractivity contribution in [2.75, 3.05) is 58.4 Å². The molecule has 0 radical (unpaired) electrons. The number of nitrogens with one attached hydrogen (secondary N) is 2. The number of thioether (sulfide) groups is 1. The Labute approximate surface area is 140 Å². The maximum Gasteiger partial charge on any atom is 0.191 e. The van der Waals surface area contributed by atoms with E-state index in [-0.39, 0.29) is 0 Å². The average Bonchev–Trinajstić information content (AvgIpc) is 3.35. The second kappa shape index (κ2) is 13.0. The molecule has 0 unspecified atom stereocenters. The lowest BCUT2D eigenvalue weighted by Gasteiger charge is -2.22. The Bertz CT molecular complexity index is 298. The van der Waals surface area contributed by atoms with Crippen molar-refractivity contribution in [2.24, 2.45) is 4.99 Å². The highest BCUT2D eigenvalue weighted by Gasteiger charge is 2.28. The van der Waals surface area contributed by atoms with Gasteiger partial charge in [-0.25, -0.2) is 0 Å². The molecule has 0 aromatic heterocycles. The molecule has 2 N–H and O–H groups in total. The highest BCUT2D eigenvalue weighted by Crippen LogP contribution is 2.25. The lowest BCUT2D eigenvalue weighted by molar-refractivity contribution is 0.144. The van der Waals surface area contributed by atoms with Crippen molar-refractivity contribution in [3.8, 4) is 0 Å². The second-order valence-corrected chi connectivity index (χ2v) is 6.63. The van der Waals surface area contributed by atoms with Crippen molar-refractivity contribution in [3.63, 3.8) is 0 Å². The van der Waals surface area contributed by atoms with Gasteiger partial charge in [0.2, 0.25) is 0 Å². The molecular formula is C16H34N4OS. The van der Waals surface area contributed by atoms with Crippen molar-refractivity contribution in [1.29, 1.82) is 0 Å². The number of hydrogen-bond acceptors (Lipinski definition) is 4. The maximum atomic E-state index is 5.20. The monoisotopic (exact) mass is 330 g/mol. The molecule has 1 saturated carbocycles. The molecule has 22 heavy (non-hydrogen) atoms. The van der Waals surface area contributed by atoms with E-state index in [1.807, 2.05) is 11.8 Å². The summed E-state index contributed by atoms with van der Waals surface area (Å²) in [5, 5.41) is 6.78. The Hall–Kier alpha value is -0.460. The summed E-state index contributed by atoms with van der Waals surface area (Å²) in [6, 6.07) is 0.781. The first-order chi connectivity index (χ1) is 10.8. The molecule has 0 aromatic rings. The molecule has 0 saturated heterocycles. The number of hydrogen-bond donors (Lipinski definition) is 2. The minimum atomic E-state index is 0.781. The average molecular weight is 331 g/mol. The number of ether oxygens (including phenoxy) is 1. The lowest BCUT2D eigenvalue weighted by atomic mass is 10.3. The van der Waals surface area contributed by atoms with Gasteiger partial charge in [0.15, 0.2) is 5.96 Å². The number of methoxy groups -OCH3 is 1. The fourth-order valence-corrected chi connectivity index (χ4v) is 2.83. The number of aliphatic imine (C=N–C) groups is 1. The van der Waals surface area contributed by atoms with Gasteiger partial charge in [-0.1, -0.05) is 0 Å². The molecule has 1 rings (SSSR count). The van der Waals surface area contributed by atoms with E-state index in [1.165, 1.54) is 31.4 Å². The van der Waals surface area contributed by atoms with Gasteiger partial charge in [0.05, 0.1) is 6.61 Å². The highest BCUT2D eigenvalue weighted by molar-refractivity contribution is 7.98. The minimum Gasteiger partial charge on any atom is -0.383 e. The van der Waals surface area contributed by atoms with Crippen LogP contribution < -0.4 is 10.6 Å². The topological polar surface area (TPSA) is 48.9 Å². The molecule has 0 spiro atoms. The van der Waals surface area contributed by atoms with E-state index in [0.29, 0.717) is 0 Å². The van der Waals surface area contributed by atoms with Crippen LogP contribution in [0.25, 0.3) is 0 Å². The number of nitrogens with zero attached hydrogens (tertiary/aromatic N) is 2. The van der Waals surface area contributed by atoms with Crippen LogP contribution in [0.4, 0.5) is 0 Å². The Balaban J connectivity index is 2.22. The molecule has 0 aliphatic heterocycles.